The molecule has 0 radical (unpaired) electrons. The molecule has 2 rings (SSSR count). The summed E-state index contributed by atoms with van der Waals surface area (Å²) in [5, 5.41) is 0.552. The molecule has 0 spiro atoms. The number of hydrogen-bond acceptors (Lipinski definition) is 3. The van der Waals surface area contributed by atoms with Crippen LogP contribution in [-0.4, -0.2) is 27.9 Å². The monoisotopic (exact) mass is 266 g/mol. The summed E-state index contributed by atoms with van der Waals surface area (Å²) in [4.78, 5) is 11.0. The highest BCUT2D eigenvalue weighted by Gasteiger charge is 2.23. The summed E-state index contributed by atoms with van der Waals surface area (Å²) in [6.07, 6.45) is 7.26. The zero-order chi connectivity index (χ0) is 13.0. The van der Waals surface area contributed by atoms with Gasteiger partial charge >= 0.3 is 0 Å². The summed E-state index contributed by atoms with van der Waals surface area (Å²) in [6.45, 7) is 8.25. The van der Waals surface area contributed by atoms with Gasteiger partial charge in [0.15, 0.2) is 11.0 Å². The van der Waals surface area contributed by atoms with Crippen LogP contribution in [0.2, 0.25) is 0 Å². The standard InChI is InChI=1S/C13H19ClN4/c1-3-5-6-8-18-9-15-12(14)11-13(18)16-10-17(11)7-4-2/h4,10H,2-3,5-9H2,1H3. The van der Waals surface area contributed by atoms with Crippen LogP contribution in [0.25, 0.3) is 0 Å². The van der Waals surface area contributed by atoms with Crippen molar-refractivity contribution in [3.63, 3.8) is 0 Å². The third-order valence-corrected chi connectivity index (χ3v) is 3.35. The Hall–Kier alpha value is -1.29. The van der Waals surface area contributed by atoms with Gasteiger partial charge in [0, 0.05) is 13.1 Å². The molecule has 0 saturated carbocycles. The third-order valence-electron chi connectivity index (χ3n) is 3.05. The van der Waals surface area contributed by atoms with E-state index in [9.17, 15) is 0 Å². The quantitative estimate of drug-likeness (QED) is 0.586. The number of imidazole rings is 1. The Morgan fingerprint density at radius 1 is 1.50 bits per heavy atom. The molecule has 1 aliphatic heterocycles. The number of halogens is 1. The molecule has 0 aromatic carbocycles. The molecule has 0 bridgehead atoms. The van der Waals surface area contributed by atoms with Gasteiger partial charge < -0.3 is 9.47 Å². The van der Waals surface area contributed by atoms with Crippen molar-refractivity contribution in [2.75, 3.05) is 18.1 Å². The second kappa shape index (κ2) is 6.05. The predicted molar refractivity (Wildman–Crippen MR) is 76.6 cm³/mol. The Balaban J connectivity index is 2.18. The second-order valence-corrected chi connectivity index (χ2v) is 4.78. The van der Waals surface area contributed by atoms with E-state index in [0.717, 1.165) is 24.5 Å². The lowest BCUT2D eigenvalue weighted by Gasteiger charge is -2.25. The van der Waals surface area contributed by atoms with Crippen LogP contribution in [-0.2, 0) is 6.54 Å². The lowest BCUT2D eigenvalue weighted by molar-refractivity contribution is 0.672. The van der Waals surface area contributed by atoms with Crippen LogP contribution < -0.4 is 4.90 Å². The minimum atomic E-state index is 0.552. The number of unbranched alkanes of at least 4 members (excludes halogenated alkanes) is 2. The number of fused-ring (bicyclic) bond motifs is 1. The topological polar surface area (TPSA) is 33.4 Å². The van der Waals surface area contributed by atoms with Crippen LogP contribution >= 0.6 is 11.6 Å². The van der Waals surface area contributed by atoms with Gasteiger partial charge in [0.05, 0.1) is 6.33 Å². The van der Waals surface area contributed by atoms with E-state index >= 15 is 0 Å². The highest BCUT2D eigenvalue weighted by molar-refractivity contribution is 6.70. The number of anilines is 1. The maximum Gasteiger partial charge on any atom is 0.159 e. The van der Waals surface area contributed by atoms with Crippen molar-refractivity contribution in [1.29, 1.82) is 0 Å². The Morgan fingerprint density at radius 2 is 2.33 bits per heavy atom. The largest absolute Gasteiger partial charge is 0.335 e. The molecule has 98 valence electrons. The van der Waals surface area contributed by atoms with Crippen LogP contribution in [0, 0.1) is 0 Å². The average molecular weight is 267 g/mol. The molecule has 18 heavy (non-hydrogen) atoms. The van der Waals surface area contributed by atoms with E-state index < -0.39 is 0 Å². The van der Waals surface area contributed by atoms with E-state index in [4.69, 9.17) is 11.6 Å². The molecule has 0 aliphatic carbocycles. The van der Waals surface area contributed by atoms with Crippen molar-refractivity contribution in [3.05, 3.63) is 24.7 Å². The predicted octanol–water partition coefficient (Wildman–Crippen LogP) is 3.02. The summed E-state index contributed by atoms with van der Waals surface area (Å²) in [5.74, 6) is 0.952. The van der Waals surface area contributed by atoms with Gasteiger partial charge in [-0.05, 0) is 6.42 Å². The van der Waals surface area contributed by atoms with Gasteiger partial charge in [0.2, 0.25) is 0 Å². The molecule has 2 heterocycles. The first-order valence-electron chi connectivity index (χ1n) is 6.39. The molecule has 0 atom stereocenters. The normalized spacial score (nSPS) is 14.3. The molecule has 4 nitrogen and oxygen atoms in total. The fourth-order valence-electron chi connectivity index (χ4n) is 2.11. The summed E-state index contributed by atoms with van der Waals surface area (Å²) in [5.41, 5.74) is 0.916. The lowest BCUT2D eigenvalue weighted by Crippen LogP contribution is -2.30. The number of aromatic nitrogens is 2. The van der Waals surface area contributed by atoms with Gasteiger partial charge in [-0.15, -0.1) is 6.58 Å². The van der Waals surface area contributed by atoms with Crippen molar-refractivity contribution in [2.45, 2.75) is 32.7 Å². The van der Waals surface area contributed by atoms with Gasteiger partial charge in [-0.2, -0.15) is 0 Å². The van der Waals surface area contributed by atoms with E-state index in [0.29, 0.717) is 18.4 Å². The van der Waals surface area contributed by atoms with E-state index in [-0.39, 0.29) is 0 Å². The zero-order valence-corrected chi connectivity index (χ0v) is 11.5. The minimum absolute atomic E-state index is 0.552. The smallest absolute Gasteiger partial charge is 0.159 e. The van der Waals surface area contributed by atoms with Gasteiger partial charge in [-0.1, -0.05) is 37.4 Å². The minimum Gasteiger partial charge on any atom is -0.335 e. The fraction of sp³-hybridized carbons (Fsp3) is 0.538. The first-order chi connectivity index (χ1) is 8.77. The van der Waals surface area contributed by atoms with E-state index in [2.05, 4.69) is 28.4 Å². The third kappa shape index (κ3) is 2.58. The van der Waals surface area contributed by atoms with Crippen molar-refractivity contribution in [1.82, 2.24) is 9.55 Å². The maximum atomic E-state index is 6.18. The molecule has 0 unspecified atom stereocenters. The number of rotatable bonds is 6. The molecule has 0 fully saturated rings. The van der Waals surface area contributed by atoms with Gasteiger partial charge in [0.1, 0.15) is 12.4 Å². The van der Waals surface area contributed by atoms with Crippen molar-refractivity contribution in [3.8, 4) is 0 Å². The maximum absolute atomic E-state index is 6.18. The second-order valence-electron chi connectivity index (χ2n) is 4.42. The van der Waals surface area contributed by atoms with Gasteiger partial charge in [-0.25, -0.2) is 9.98 Å². The van der Waals surface area contributed by atoms with E-state index in [1.165, 1.54) is 12.8 Å². The Kier molecular flexibility index (Phi) is 4.42. The van der Waals surface area contributed by atoms with E-state index in [1.54, 1.807) is 0 Å². The number of allylic oxidation sites excluding steroid dienone is 1. The molecular formula is C13H19ClN4. The molecule has 1 aromatic rings. The molecular weight excluding hydrogens is 248 g/mol. The summed E-state index contributed by atoms with van der Waals surface area (Å²) < 4.78 is 1.99. The molecule has 0 saturated heterocycles. The Bertz CT molecular complexity index is 450. The highest BCUT2D eigenvalue weighted by Crippen LogP contribution is 2.25. The van der Waals surface area contributed by atoms with E-state index in [1.807, 2.05) is 17.0 Å². The number of hydrogen-bond donors (Lipinski definition) is 0. The SMILES string of the molecule is C=CCn1cnc2c1C(Cl)=NCN2CCCCC. The summed E-state index contributed by atoms with van der Waals surface area (Å²) >= 11 is 6.18. The average Bonchev–Trinajstić information content (AvgIpc) is 2.78. The van der Waals surface area contributed by atoms with Crippen LogP contribution in [0.4, 0.5) is 5.82 Å². The van der Waals surface area contributed by atoms with Crippen LogP contribution in [0.1, 0.15) is 31.9 Å². The molecule has 5 heteroatoms. The molecule has 1 aliphatic rings. The van der Waals surface area contributed by atoms with Crippen LogP contribution in [0.5, 0.6) is 0 Å². The summed E-state index contributed by atoms with van der Waals surface area (Å²) in [7, 11) is 0. The van der Waals surface area contributed by atoms with Gasteiger partial charge in [0.25, 0.3) is 0 Å². The lowest BCUT2D eigenvalue weighted by atomic mass is 10.2. The van der Waals surface area contributed by atoms with Crippen LogP contribution in [0.15, 0.2) is 24.0 Å². The first-order valence-corrected chi connectivity index (χ1v) is 6.77. The van der Waals surface area contributed by atoms with Crippen molar-refractivity contribution < 1.29 is 0 Å². The Labute approximate surface area is 113 Å². The fourth-order valence-corrected chi connectivity index (χ4v) is 2.36. The van der Waals surface area contributed by atoms with Crippen molar-refractivity contribution >= 4 is 22.6 Å². The van der Waals surface area contributed by atoms with Crippen molar-refractivity contribution in [2.24, 2.45) is 4.99 Å². The van der Waals surface area contributed by atoms with Crippen LogP contribution in [0.3, 0.4) is 0 Å². The Morgan fingerprint density at radius 3 is 3.06 bits per heavy atom. The molecule has 0 amide bonds. The molecule has 0 N–H and O–H groups in total. The molecule has 1 aromatic heterocycles. The number of aliphatic imine (C=N–C) groups is 1. The highest BCUT2D eigenvalue weighted by atomic mass is 35.5. The number of nitrogens with zero attached hydrogens (tertiary/aromatic N) is 4. The van der Waals surface area contributed by atoms with Gasteiger partial charge in [-0.3, -0.25) is 0 Å². The summed E-state index contributed by atoms with van der Waals surface area (Å²) in [6, 6.07) is 0. The zero-order valence-electron chi connectivity index (χ0n) is 10.8. The first kappa shape index (κ1) is 13.1.